The minimum absolute atomic E-state index is 0.134. The normalized spacial score (nSPS) is 11.6. The fraction of sp³-hybridized carbons (Fsp3) is 0.125. The van der Waals surface area contributed by atoms with Crippen molar-refractivity contribution in [3.05, 3.63) is 58.3 Å². The lowest BCUT2D eigenvalue weighted by molar-refractivity contribution is -0.386. The van der Waals surface area contributed by atoms with Gasteiger partial charge in [-0.15, -0.1) is 0 Å². The van der Waals surface area contributed by atoms with Crippen LogP contribution in [0.15, 0.2) is 47.4 Å². The zero-order valence-corrected chi connectivity index (χ0v) is 13.8. The summed E-state index contributed by atoms with van der Waals surface area (Å²) in [5.41, 5.74) is 2.28. The maximum absolute atomic E-state index is 11.8. The number of nitrogens with zero attached hydrogens (tertiary/aromatic N) is 1. The van der Waals surface area contributed by atoms with Gasteiger partial charge in [0.15, 0.2) is 9.84 Å². The zero-order chi connectivity index (χ0) is 17.5. The molecule has 0 atom stereocenters. The summed E-state index contributed by atoms with van der Waals surface area (Å²) in [4.78, 5) is 13.6. The second-order valence-electron chi connectivity index (χ2n) is 5.56. The Hall–Kier alpha value is -2.87. The second-order valence-corrected chi connectivity index (χ2v) is 7.55. The molecule has 0 saturated heterocycles. The Kier molecular flexibility index (Phi) is 3.76. The number of fused-ring (bicyclic) bond motifs is 1. The predicted octanol–water partition coefficient (Wildman–Crippen LogP) is 3.53. The smallest absolute Gasteiger partial charge is 0.311 e. The molecule has 0 spiro atoms. The van der Waals surface area contributed by atoms with E-state index in [1.807, 2.05) is 25.1 Å². The van der Waals surface area contributed by atoms with Crippen LogP contribution in [0.5, 0.6) is 0 Å². The number of anilines is 2. The molecule has 0 radical (unpaired) electrons. The summed E-state index contributed by atoms with van der Waals surface area (Å²) >= 11 is 0. The maximum atomic E-state index is 11.8. The summed E-state index contributed by atoms with van der Waals surface area (Å²) in [5.74, 6) is 0. The van der Waals surface area contributed by atoms with Crippen LogP contribution in [0.2, 0.25) is 0 Å². The highest BCUT2D eigenvalue weighted by atomic mass is 32.2. The zero-order valence-electron chi connectivity index (χ0n) is 13.0. The molecule has 24 heavy (non-hydrogen) atoms. The first-order chi connectivity index (χ1) is 11.3. The van der Waals surface area contributed by atoms with Crippen LogP contribution in [-0.2, 0) is 9.84 Å². The molecule has 0 fully saturated rings. The Morgan fingerprint density at radius 2 is 1.92 bits per heavy atom. The van der Waals surface area contributed by atoms with Crippen LogP contribution < -0.4 is 5.32 Å². The van der Waals surface area contributed by atoms with Crippen molar-refractivity contribution in [2.75, 3.05) is 11.6 Å². The van der Waals surface area contributed by atoms with Crippen molar-refractivity contribution in [2.24, 2.45) is 0 Å². The molecule has 3 aromatic rings. The third-order valence-electron chi connectivity index (χ3n) is 3.62. The monoisotopic (exact) mass is 345 g/mol. The van der Waals surface area contributed by atoms with Crippen molar-refractivity contribution >= 4 is 37.8 Å². The number of nitrogens with one attached hydrogen (secondary N) is 2. The standard InChI is InChI=1S/C16H15N3O4S/c1-10-8-11-9-12(6-7-13(11)17-10)18-14-4-3-5-15(24(2,22)23)16(14)19(20)21/h3-9,17-18H,1-2H3. The van der Waals surface area contributed by atoms with Gasteiger partial charge in [0.2, 0.25) is 0 Å². The van der Waals surface area contributed by atoms with Gasteiger partial charge in [-0.1, -0.05) is 6.07 Å². The maximum Gasteiger partial charge on any atom is 0.311 e. The number of para-hydroxylation sites is 1. The lowest BCUT2D eigenvalue weighted by Crippen LogP contribution is -2.05. The summed E-state index contributed by atoms with van der Waals surface area (Å²) in [6, 6.07) is 11.6. The molecule has 1 aromatic heterocycles. The van der Waals surface area contributed by atoms with E-state index in [4.69, 9.17) is 0 Å². The molecule has 2 aromatic carbocycles. The van der Waals surface area contributed by atoms with Crippen LogP contribution in [-0.4, -0.2) is 24.6 Å². The molecule has 0 aliphatic heterocycles. The van der Waals surface area contributed by atoms with Gasteiger partial charge >= 0.3 is 5.69 Å². The lowest BCUT2D eigenvalue weighted by atomic mass is 10.2. The first kappa shape index (κ1) is 16.0. The molecule has 8 heteroatoms. The average Bonchev–Trinajstić information content (AvgIpc) is 2.85. The van der Waals surface area contributed by atoms with Crippen molar-refractivity contribution in [2.45, 2.75) is 11.8 Å². The Balaban J connectivity index is 2.10. The molecule has 0 saturated carbocycles. The third-order valence-corrected chi connectivity index (χ3v) is 4.74. The average molecular weight is 345 g/mol. The topological polar surface area (TPSA) is 105 Å². The number of nitro benzene ring substituents is 1. The molecule has 1 heterocycles. The van der Waals surface area contributed by atoms with Gasteiger partial charge in [-0.05, 0) is 43.3 Å². The summed E-state index contributed by atoms with van der Waals surface area (Å²) in [6.45, 7) is 1.94. The Bertz CT molecular complexity index is 1050. The van der Waals surface area contributed by atoms with Crippen LogP contribution in [0.4, 0.5) is 17.1 Å². The molecule has 0 aliphatic rings. The largest absolute Gasteiger partial charge is 0.359 e. The minimum atomic E-state index is -3.71. The number of hydrogen-bond acceptors (Lipinski definition) is 5. The van der Waals surface area contributed by atoms with E-state index in [2.05, 4.69) is 10.3 Å². The van der Waals surface area contributed by atoms with Crippen molar-refractivity contribution in [3.8, 4) is 0 Å². The van der Waals surface area contributed by atoms with E-state index in [1.54, 1.807) is 6.07 Å². The van der Waals surface area contributed by atoms with Gasteiger partial charge in [0, 0.05) is 28.5 Å². The highest BCUT2D eigenvalue weighted by Gasteiger charge is 2.26. The van der Waals surface area contributed by atoms with Gasteiger partial charge in [0.25, 0.3) is 0 Å². The molecule has 0 bridgehead atoms. The van der Waals surface area contributed by atoms with Gasteiger partial charge in [-0.25, -0.2) is 8.42 Å². The molecule has 3 rings (SSSR count). The molecule has 0 aliphatic carbocycles. The number of aromatic amines is 1. The summed E-state index contributed by atoms with van der Waals surface area (Å²) in [7, 11) is -3.71. The van der Waals surface area contributed by atoms with E-state index in [-0.39, 0.29) is 10.6 Å². The number of aryl methyl sites for hydroxylation is 1. The number of rotatable bonds is 4. The van der Waals surface area contributed by atoms with E-state index < -0.39 is 20.4 Å². The van der Waals surface area contributed by atoms with Crippen molar-refractivity contribution in [3.63, 3.8) is 0 Å². The fourth-order valence-electron chi connectivity index (χ4n) is 2.62. The number of nitro groups is 1. The summed E-state index contributed by atoms with van der Waals surface area (Å²) in [6.07, 6.45) is 0.952. The SMILES string of the molecule is Cc1cc2cc(Nc3cccc(S(C)(=O)=O)c3[N+](=O)[O-])ccc2[nH]1. The highest BCUT2D eigenvalue weighted by molar-refractivity contribution is 7.90. The van der Waals surface area contributed by atoms with E-state index in [9.17, 15) is 18.5 Å². The third kappa shape index (κ3) is 2.95. The molecular weight excluding hydrogens is 330 g/mol. The van der Waals surface area contributed by atoms with Crippen molar-refractivity contribution in [1.29, 1.82) is 0 Å². The number of benzene rings is 2. The molecule has 0 unspecified atom stereocenters. The van der Waals surface area contributed by atoms with Gasteiger partial charge in [0.05, 0.1) is 4.92 Å². The summed E-state index contributed by atoms with van der Waals surface area (Å²) < 4.78 is 23.6. The van der Waals surface area contributed by atoms with Crippen LogP contribution in [0, 0.1) is 17.0 Å². The van der Waals surface area contributed by atoms with Crippen LogP contribution in [0.1, 0.15) is 5.69 Å². The van der Waals surface area contributed by atoms with Crippen molar-refractivity contribution in [1.82, 2.24) is 4.98 Å². The molecule has 124 valence electrons. The van der Waals surface area contributed by atoms with Crippen LogP contribution >= 0.6 is 0 Å². The first-order valence-electron chi connectivity index (χ1n) is 7.09. The number of H-pyrrole nitrogens is 1. The van der Waals surface area contributed by atoms with E-state index in [1.165, 1.54) is 18.2 Å². The number of aromatic nitrogens is 1. The Morgan fingerprint density at radius 3 is 2.58 bits per heavy atom. The molecule has 2 N–H and O–H groups in total. The van der Waals surface area contributed by atoms with Crippen LogP contribution in [0.3, 0.4) is 0 Å². The quantitative estimate of drug-likeness (QED) is 0.556. The van der Waals surface area contributed by atoms with E-state index >= 15 is 0 Å². The molecule has 0 amide bonds. The predicted molar refractivity (Wildman–Crippen MR) is 92.5 cm³/mol. The minimum Gasteiger partial charge on any atom is -0.359 e. The van der Waals surface area contributed by atoms with Gasteiger partial charge in [-0.2, -0.15) is 0 Å². The fourth-order valence-corrected chi connectivity index (χ4v) is 3.48. The lowest BCUT2D eigenvalue weighted by Gasteiger charge is -2.09. The van der Waals surface area contributed by atoms with Crippen LogP contribution in [0.25, 0.3) is 10.9 Å². The molecule has 7 nitrogen and oxygen atoms in total. The first-order valence-corrected chi connectivity index (χ1v) is 8.99. The Morgan fingerprint density at radius 1 is 1.17 bits per heavy atom. The number of hydrogen-bond donors (Lipinski definition) is 2. The van der Waals surface area contributed by atoms with Crippen molar-refractivity contribution < 1.29 is 13.3 Å². The van der Waals surface area contributed by atoms with Gasteiger partial charge in [-0.3, -0.25) is 10.1 Å². The Labute approximate surface area is 138 Å². The summed E-state index contributed by atoms with van der Waals surface area (Å²) in [5, 5.41) is 15.3. The van der Waals surface area contributed by atoms with E-state index in [0.717, 1.165) is 22.9 Å². The second kappa shape index (κ2) is 5.64. The van der Waals surface area contributed by atoms with Gasteiger partial charge < -0.3 is 10.3 Å². The number of sulfone groups is 1. The highest BCUT2D eigenvalue weighted by Crippen LogP contribution is 2.34. The van der Waals surface area contributed by atoms with E-state index in [0.29, 0.717) is 5.69 Å². The molecular formula is C16H15N3O4S. The van der Waals surface area contributed by atoms with Gasteiger partial charge in [0.1, 0.15) is 10.6 Å².